The molecule has 0 radical (unpaired) electrons. The molecule has 7 heteroatoms. The van der Waals surface area contributed by atoms with E-state index in [1.807, 2.05) is 0 Å². The van der Waals surface area contributed by atoms with E-state index < -0.39 is 0 Å². The Bertz CT molecular complexity index is 729. The maximum absolute atomic E-state index is 11.8. The Kier molecular flexibility index (Phi) is 3.96. The first-order valence-corrected chi connectivity index (χ1v) is 7.43. The molecular weight excluding hydrogens is 298 g/mol. The van der Waals surface area contributed by atoms with Crippen molar-refractivity contribution in [2.24, 2.45) is 5.73 Å². The van der Waals surface area contributed by atoms with Crippen LogP contribution in [0.5, 0.6) is 0 Å². The lowest BCUT2D eigenvalue weighted by molar-refractivity contribution is -0.114. The summed E-state index contributed by atoms with van der Waals surface area (Å²) in [4.78, 5) is 26.3. The molecule has 2 aliphatic rings. The van der Waals surface area contributed by atoms with E-state index in [1.165, 1.54) is 13.8 Å². The summed E-state index contributed by atoms with van der Waals surface area (Å²) in [6, 6.07) is 3.50. The van der Waals surface area contributed by atoms with Crippen molar-refractivity contribution in [2.45, 2.75) is 20.0 Å². The number of ketones is 2. The lowest BCUT2D eigenvalue weighted by Gasteiger charge is -2.33. The minimum atomic E-state index is -0.279. The van der Waals surface area contributed by atoms with E-state index in [0.29, 0.717) is 53.9 Å². The summed E-state index contributed by atoms with van der Waals surface area (Å²) >= 11 is 0. The van der Waals surface area contributed by atoms with Gasteiger partial charge < -0.3 is 25.5 Å². The Balaban J connectivity index is 2.08. The van der Waals surface area contributed by atoms with Gasteiger partial charge in [0.25, 0.3) is 0 Å². The number of aromatic amines is 1. The van der Waals surface area contributed by atoms with Gasteiger partial charge in [0.2, 0.25) is 0 Å². The maximum Gasteiger partial charge on any atom is 0.187 e. The highest BCUT2D eigenvalue weighted by Crippen LogP contribution is 2.33. The molecule has 1 atom stereocenters. The van der Waals surface area contributed by atoms with E-state index >= 15 is 0 Å². The van der Waals surface area contributed by atoms with Crippen molar-refractivity contribution in [3.63, 3.8) is 0 Å². The molecule has 0 amide bonds. The Labute approximate surface area is 133 Å². The van der Waals surface area contributed by atoms with Gasteiger partial charge in [-0.25, -0.2) is 0 Å². The molecule has 1 aromatic rings. The lowest BCUT2D eigenvalue weighted by Crippen LogP contribution is -2.38. The predicted octanol–water partition coefficient (Wildman–Crippen LogP) is 0.706. The fourth-order valence-corrected chi connectivity index (χ4v) is 2.59. The van der Waals surface area contributed by atoms with Crippen LogP contribution in [0.3, 0.4) is 0 Å². The molecule has 2 aliphatic heterocycles. The highest BCUT2D eigenvalue weighted by atomic mass is 16.6. The molecule has 0 aliphatic carbocycles. The molecule has 122 valence electrons. The van der Waals surface area contributed by atoms with E-state index in [9.17, 15) is 9.59 Å². The molecule has 1 unspecified atom stereocenters. The molecule has 0 aromatic carbocycles. The highest BCUT2D eigenvalue weighted by molar-refractivity contribution is 5.97. The standard InChI is InChI=1S/C16H19N3O4/c1-8(20)11-6-18-14(13-4-3-12(19-13)9(2)21)16-15(11)22-7-10(5-17)23-16/h3-4,10,18-19H,5-7,17H2,1-2H3. The molecule has 1 saturated heterocycles. The Morgan fingerprint density at radius 3 is 2.65 bits per heavy atom. The number of carbonyl (C=O) groups excluding carboxylic acids is 2. The summed E-state index contributed by atoms with van der Waals surface area (Å²) in [5.74, 6) is 0.781. The Morgan fingerprint density at radius 1 is 1.26 bits per heavy atom. The number of nitrogens with two attached hydrogens (primary N) is 1. The molecule has 0 bridgehead atoms. The monoisotopic (exact) mass is 317 g/mol. The van der Waals surface area contributed by atoms with Crippen LogP contribution in [0.1, 0.15) is 30.0 Å². The van der Waals surface area contributed by atoms with E-state index in [0.717, 1.165) is 0 Å². The number of H-pyrrole nitrogens is 1. The third-order valence-electron chi connectivity index (χ3n) is 3.87. The van der Waals surface area contributed by atoms with Crippen molar-refractivity contribution in [1.29, 1.82) is 0 Å². The largest absolute Gasteiger partial charge is 0.485 e. The van der Waals surface area contributed by atoms with Crippen LogP contribution in [0.2, 0.25) is 0 Å². The minimum Gasteiger partial charge on any atom is -0.485 e. The van der Waals surface area contributed by atoms with Crippen molar-refractivity contribution >= 4 is 17.3 Å². The molecule has 1 aromatic heterocycles. The van der Waals surface area contributed by atoms with Gasteiger partial charge in [-0.1, -0.05) is 0 Å². The third kappa shape index (κ3) is 2.75. The van der Waals surface area contributed by atoms with Gasteiger partial charge in [0.15, 0.2) is 23.1 Å². The van der Waals surface area contributed by atoms with Gasteiger partial charge in [0.05, 0.1) is 17.0 Å². The van der Waals surface area contributed by atoms with Crippen molar-refractivity contribution in [3.8, 4) is 0 Å². The third-order valence-corrected chi connectivity index (χ3v) is 3.87. The minimum absolute atomic E-state index is 0.0569. The smallest absolute Gasteiger partial charge is 0.187 e. The number of dihydropyridines is 1. The van der Waals surface area contributed by atoms with Gasteiger partial charge in [-0.05, 0) is 19.1 Å². The number of hydrogen-bond donors (Lipinski definition) is 3. The van der Waals surface area contributed by atoms with Crippen molar-refractivity contribution < 1.29 is 19.1 Å². The van der Waals surface area contributed by atoms with Crippen LogP contribution in [-0.4, -0.2) is 42.4 Å². The van der Waals surface area contributed by atoms with Crippen LogP contribution in [0.25, 0.3) is 5.70 Å². The number of rotatable bonds is 4. The molecule has 3 heterocycles. The summed E-state index contributed by atoms with van der Waals surface area (Å²) in [6.07, 6.45) is -0.279. The summed E-state index contributed by atoms with van der Waals surface area (Å²) in [5, 5.41) is 3.18. The number of hydrogen-bond acceptors (Lipinski definition) is 6. The molecule has 0 spiro atoms. The van der Waals surface area contributed by atoms with Gasteiger partial charge in [-0.15, -0.1) is 0 Å². The van der Waals surface area contributed by atoms with Crippen molar-refractivity contribution in [1.82, 2.24) is 10.3 Å². The summed E-state index contributed by atoms with van der Waals surface area (Å²) < 4.78 is 11.6. The zero-order valence-corrected chi connectivity index (χ0v) is 13.1. The average Bonchev–Trinajstić information content (AvgIpc) is 3.03. The van der Waals surface area contributed by atoms with Crippen LogP contribution in [-0.2, 0) is 14.3 Å². The second-order valence-electron chi connectivity index (χ2n) is 5.55. The second kappa shape index (κ2) is 5.92. The first kappa shape index (κ1) is 15.4. The number of nitrogens with one attached hydrogen (secondary N) is 2. The van der Waals surface area contributed by atoms with Gasteiger partial charge >= 0.3 is 0 Å². The van der Waals surface area contributed by atoms with E-state index in [1.54, 1.807) is 12.1 Å². The van der Waals surface area contributed by atoms with E-state index in [4.69, 9.17) is 15.2 Å². The van der Waals surface area contributed by atoms with Gasteiger partial charge in [-0.3, -0.25) is 9.59 Å². The number of aromatic nitrogens is 1. The molecule has 23 heavy (non-hydrogen) atoms. The molecular formula is C16H19N3O4. The van der Waals surface area contributed by atoms with Crippen LogP contribution in [0.4, 0.5) is 0 Å². The fraction of sp³-hybridized carbons (Fsp3) is 0.375. The average molecular weight is 317 g/mol. The predicted molar refractivity (Wildman–Crippen MR) is 83.3 cm³/mol. The van der Waals surface area contributed by atoms with Crippen LogP contribution in [0.15, 0.2) is 29.2 Å². The lowest BCUT2D eigenvalue weighted by atomic mass is 10.0. The first-order valence-electron chi connectivity index (χ1n) is 7.43. The van der Waals surface area contributed by atoms with E-state index in [2.05, 4.69) is 10.3 Å². The van der Waals surface area contributed by atoms with Crippen LogP contribution < -0.4 is 11.1 Å². The Morgan fingerprint density at radius 2 is 2.04 bits per heavy atom. The summed E-state index contributed by atoms with van der Waals surface area (Å²) in [6.45, 7) is 3.94. The van der Waals surface area contributed by atoms with Gasteiger partial charge in [-0.2, -0.15) is 0 Å². The highest BCUT2D eigenvalue weighted by Gasteiger charge is 2.33. The van der Waals surface area contributed by atoms with Crippen molar-refractivity contribution in [3.05, 3.63) is 40.6 Å². The topological polar surface area (TPSA) is 106 Å². The number of ether oxygens (including phenoxy) is 2. The zero-order valence-electron chi connectivity index (χ0n) is 13.1. The SMILES string of the molecule is CC(=O)C1=C2OCC(CN)OC2=C(c2ccc(C(C)=O)[nH]2)NC1. The molecule has 0 saturated carbocycles. The normalized spacial score (nSPS) is 20.4. The number of Topliss-reactive ketones (excluding diaryl/α,β-unsaturated/α-hetero) is 2. The summed E-state index contributed by atoms with van der Waals surface area (Å²) in [5.41, 5.74) is 8.07. The van der Waals surface area contributed by atoms with Gasteiger partial charge in [0.1, 0.15) is 18.4 Å². The summed E-state index contributed by atoms with van der Waals surface area (Å²) in [7, 11) is 0. The zero-order chi connectivity index (χ0) is 16.6. The van der Waals surface area contributed by atoms with Gasteiger partial charge in [0, 0.05) is 20.0 Å². The number of fused-ring (bicyclic) bond motifs is 1. The fourth-order valence-electron chi connectivity index (χ4n) is 2.59. The maximum atomic E-state index is 11.8. The van der Waals surface area contributed by atoms with E-state index in [-0.39, 0.29) is 17.7 Å². The molecule has 1 fully saturated rings. The molecule has 3 rings (SSSR count). The Hall–Kier alpha value is -2.54. The van der Waals surface area contributed by atoms with Crippen LogP contribution >= 0.6 is 0 Å². The van der Waals surface area contributed by atoms with Crippen LogP contribution in [0, 0.1) is 0 Å². The quantitative estimate of drug-likeness (QED) is 0.706. The molecule has 4 N–H and O–H groups in total. The van der Waals surface area contributed by atoms with Crippen molar-refractivity contribution in [2.75, 3.05) is 19.7 Å². The number of carbonyl (C=O) groups is 2. The second-order valence-corrected chi connectivity index (χ2v) is 5.55. The first-order chi connectivity index (χ1) is 11.0. The molecule has 7 nitrogen and oxygen atoms in total.